The van der Waals surface area contributed by atoms with E-state index in [0.29, 0.717) is 39.7 Å². The maximum absolute atomic E-state index is 15.2. The molecule has 0 spiro atoms. The van der Waals surface area contributed by atoms with Gasteiger partial charge in [-0.3, -0.25) is 4.79 Å². The second-order valence-corrected chi connectivity index (χ2v) is 10.2. The van der Waals surface area contributed by atoms with Gasteiger partial charge in [-0.2, -0.15) is 5.10 Å². The smallest absolute Gasteiger partial charge is 0.256 e. The predicted molar refractivity (Wildman–Crippen MR) is 158 cm³/mol. The molecule has 11 heteroatoms. The second kappa shape index (κ2) is 10.5. The molecule has 0 saturated carbocycles. The van der Waals surface area contributed by atoms with Gasteiger partial charge in [0, 0.05) is 30.5 Å². The summed E-state index contributed by atoms with van der Waals surface area (Å²) >= 11 is 0. The van der Waals surface area contributed by atoms with Crippen molar-refractivity contribution in [3.05, 3.63) is 90.6 Å². The van der Waals surface area contributed by atoms with Crippen molar-refractivity contribution in [2.45, 2.75) is 19.3 Å². The van der Waals surface area contributed by atoms with Gasteiger partial charge in [0.1, 0.15) is 23.1 Å². The first-order chi connectivity index (χ1) is 20.5. The molecule has 6 aromatic rings. The molecule has 1 aliphatic heterocycles. The van der Waals surface area contributed by atoms with Gasteiger partial charge in [0.15, 0.2) is 17.4 Å². The number of benzene rings is 3. The summed E-state index contributed by atoms with van der Waals surface area (Å²) in [5, 5.41) is 7.49. The molecule has 1 saturated heterocycles. The molecule has 210 valence electrons. The molecule has 0 radical (unpaired) electrons. The van der Waals surface area contributed by atoms with Crippen LogP contribution >= 0.6 is 0 Å². The Kier molecular flexibility index (Phi) is 6.38. The van der Waals surface area contributed by atoms with Crippen molar-refractivity contribution in [3.8, 4) is 22.6 Å². The number of nitrogens with zero attached hydrogens (tertiary/aromatic N) is 5. The third kappa shape index (κ3) is 4.64. The highest BCUT2D eigenvalue weighted by atomic mass is 19.1. The standard InChI is InChI=1S/C31H27FN8O2/c32-26-24(42-21-7-3-1-4-8-21)14-13-23-27(26)38-31(37-23)36-20-11-9-19(10-12-20)25-22(30(41)39-15-5-2-6-16-39)17-40-28(25)29(33)34-18-35-40/h1,3-4,7-14,17-18H,2,5-6,15-16H2,(H2,33,34,35)(H2,36,37,38). The summed E-state index contributed by atoms with van der Waals surface area (Å²) in [6.45, 7) is 1.46. The Morgan fingerprint density at radius 2 is 1.79 bits per heavy atom. The molecule has 4 N–H and O–H groups in total. The van der Waals surface area contributed by atoms with Crippen LogP contribution in [-0.2, 0) is 0 Å². The molecule has 1 aliphatic rings. The summed E-state index contributed by atoms with van der Waals surface area (Å²) in [5.41, 5.74) is 10.3. The van der Waals surface area contributed by atoms with Gasteiger partial charge in [0.25, 0.3) is 5.91 Å². The number of piperidine rings is 1. The Hall–Kier alpha value is -5.45. The minimum absolute atomic E-state index is 0.0447. The number of aromatic amines is 1. The van der Waals surface area contributed by atoms with Crippen LogP contribution in [0.15, 0.2) is 79.3 Å². The summed E-state index contributed by atoms with van der Waals surface area (Å²) in [7, 11) is 0. The van der Waals surface area contributed by atoms with E-state index < -0.39 is 5.82 Å². The fourth-order valence-corrected chi connectivity index (χ4v) is 5.39. The molecule has 10 nitrogen and oxygen atoms in total. The number of aromatic nitrogens is 5. The van der Waals surface area contributed by atoms with E-state index in [1.54, 1.807) is 35.0 Å². The van der Waals surface area contributed by atoms with Gasteiger partial charge >= 0.3 is 0 Å². The lowest BCUT2D eigenvalue weighted by Gasteiger charge is -2.26. The van der Waals surface area contributed by atoms with Crippen LogP contribution in [-0.4, -0.2) is 48.5 Å². The van der Waals surface area contributed by atoms with Crippen LogP contribution < -0.4 is 15.8 Å². The molecule has 7 rings (SSSR count). The van der Waals surface area contributed by atoms with E-state index in [0.717, 1.165) is 43.6 Å². The number of hydrogen-bond donors (Lipinski definition) is 3. The van der Waals surface area contributed by atoms with Crippen LogP contribution in [0.2, 0.25) is 0 Å². The van der Waals surface area contributed by atoms with Crippen molar-refractivity contribution in [2.24, 2.45) is 0 Å². The Bertz CT molecular complexity index is 1910. The predicted octanol–water partition coefficient (Wildman–Crippen LogP) is 6.16. The first-order valence-corrected chi connectivity index (χ1v) is 13.7. The fourth-order valence-electron chi connectivity index (χ4n) is 5.39. The molecule has 0 atom stereocenters. The summed E-state index contributed by atoms with van der Waals surface area (Å²) in [5.74, 6) is 0.738. The number of hydrogen-bond acceptors (Lipinski definition) is 7. The van der Waals surface area contributed by atoms with Gasteiger partial charge in [0.2, 0.25) is 5.95 Å². The summed E-state index contributed by atoms with van der Waals surface area (Å²) in [4.78, 5) is 27.1. The molecule has 1 fully saturated rings. The third-order valence-electron chi connectivity index (χ3n) is 7.44. The minimum Gasteiger partial charge on any atom is -0.454 e. The van der Waals surface area contributed by atoms with Crippen molar-refractivity contribution in [1.82, 2.24) is 29.5 Å². The highest BCUT2D eigenvalue weighted by Gasteiger charge is 2.26. The second-order valence-electron chi connectivity index (χ2n) is 10.2. The van der Waals surface area contributed by atoms with Gasteiger partial charge in [-0.05, 0) is 61.2 Å². The number of likely N-dealkylation sites (tertiary alicyclic amines) is 1. The number of ether oxygens (including phenoxy) is 1. The highest BCUT2D eigenvalue weighted by molar-refractivity contribution is 6.07. The topological polar surface area (TPSA) is 126 Å². The lowest BCUT2D eigenvalue weighted by molar-refractivity contribution is 0.0725. The maximum Gasteiger partial charge on any atom is 0.256 e. The molecule has 3 aromatic heterocycles. The van der Waals surface area contributed by atoms with Crippen LogP contribution in [0, 0.1) is 5.82 Å². The summed E-state index contributed by atoms with van der Waals surface area (Å²) in [6, 6.07) is 19.8. The number of anilines is 3. The molecule has 3 aromatic carbocycles. The van der Waals surface area contributed by atoms with Gasteiger partial charge in [-0.25, -0.2) is 18.9 Å². The Balaban J connectivity index is 1.18. The van der Waals surface area contributed by atoms with Gasteiger partial charge in [-0.1, -0.05) is 30.3 Å². The van der Waals surface area contributed by atoms with Gasteiger partial charge in [-0.15, -0.1) is 0 Å². The lowest BCUT2D eigenvalue weighted by atomic mass is 10.0. The molecule has 0 aliphatic carbocycles. The molecule has 1 amide bonds. The van der Waals surface area contributed by atoms with Crippen molar-refractivity contribution >= 4 is 39.9 Å². The monoisotopic (exact) mass is 562 g/mol. The number of nitrogen functional groups attached to an aromatic ring is 1. The van der Waals surface area contributed by atoms with Crippen LogP contribution in [0.4, 0.5) is 21.8 Å². The number of nitrogens with two attached hydrogens (primary N) is 1. The van der Waals surface area contributed by atoms with E-state index in [9.17, 15) is 4.79 Å². The van der Waals surface area contributed by atoms with Crippen molar-refractivity contribution in [1.29, 1.82) is 0 Å². The van der Waals surface area contributed by atoms with Crippen molar-refractivity contribution in [3.63, 3.8) is 0 Å². The van der Waals surface area contributed by atoms with Gasteiger partial charge in [0.05, 0.1) is 11.1 Å². The van der Waals surface area contributed by atoms with Crippen LogP contribution in [0.5, 0.6) is 11.5 Å². The number of rotatable bonds is 6. The van der Waals surface area contributed by atoms with Crippen molar-refractivity contribution in [2.75, 3.05) is 24.1 Å². The number of amides is 1. The number of fused-ring (bicyclic) bond motifs is 2. The number of para-hydroxylation sites is 1. The number of H-pyrrole nitrogens is 1. The molecular formula is C31H27FN8O2. The van der Waals surface area contributed by atoms with Crippen LogP contribution in [0.25, 0.3) is 27.7 Å². The Morgan fingerprint density at radius 3 is 2.57 bits per heavy atom. The van der Waals surface area contributed by atoms with E-state index in [-0.39, 0.29) is 17.2 Å². The third-order valence-corrected chi connectivity index (χ3v) is 7.44. The number of carbonyl (C=O) groups excluding carboxylic acids is 1. The van der Waals surface area contributed by atoms with E-state index in [4.69, 9.17) is 10.5 Å². The molecular weight excluding hydrogens is 535 g/mol. The zero-order valence-corrected chi connectivity index (χ0v) is 22.5. The van der Waals surface area contributed by atoms with E-state index in [1.807, 2.05) is 47.4 Å². The van der Waals surface area contributed by atoms with E-state index in [2.05, 4.69) is 25.4 Å². The Morgan fingerprint density at radius 1 is 1.00 bits per heavy atom. The molecule has 42 heavy (non-hydrogen) atoms. The average molecular weight is 563 g/mol. The van der Waals surface area contributed by atoms with E-state index >= 15 is 4.39 Å². The number of imidazole rings is 1. The van der Waals surface area contributed by atoms with Crippen LogP contribution in [0.3, 0.4) is 0 Å². The Labute approximate surface area is 240 Å². The van der Waals surface area contributed by atoms with E-state index in [1.165, 1.54) is 6.33 Å². The fraction of sp³-hybridized carbons (Fsp3) is 0.161. The minimum atomic E-state index is -0.529. The number of carbonyl (C=O) groups is 1. The summed E-state index contributed by atoms with van der Waals surface area (Å²) < 4.78 is 22.6. The lowest BCUT2D eigenvalue weighted by Crippen LogP contribution is -2.35. The average Bonchev–Trinajstić information content (AvgIpc) is 3.62. The summed E-state index contributed by atoms with van der Waals surface area (Å²) in [6.07, 6.45) is 6.21. The number of halogens is 1. The first kappa shape index (κ1) is 25.5. The number of nitrogens with one attached hydrogen (secondary N) is 2. The molecule has 0 bridgehead atoms. The zero-order valence-electron chi connectivity index (χ0n) is 22.5. The van der Waals surface area contributed by atoms with Crippen molar-refractivity contribution < 1.29 is 13.9 Å². The maximum atomic E-state index is 15.2. The van der Waals surface area contributed by atoms with Gasteiger partial charge < -0.3 is 25.7 Å². The zero-order chi connectivity index (χ0) is 28.6. The SMILES string of the molecule is Nc1ncnn2cc(C(=O)N3CCCCC3)c(-c3ccc(Nc4nc5ccc(Oc6ccccc6)c(F)c5[nH]4)cc3)c12. The van der Waals surface area contributed by atoms with Crippen LogP contribution in [0.1, 0.15) is 29.6 Å². The molecule has 0 unspecified atom stereocenters. The highest BCUT2D eigenvalue weighted by Crippen LogP contribution is 2.35. The largest absolute Gasteiger partial charge is 0.454 e. The normalized spacial score (nSPS) is 13.5. The quantitative estimate of drug-likeness (QED) is 0.222. The molecule has 4 heterocycles. The first-order valence-electron chi connectivity index (χ1n) is 13.7.